The quantitative estimate of drug-likeness (QED) is 0.884. The van der Waals surface area contributed by atoms with Crippen molar-refractivity contribution in [2.75, 3.05) is 13.1 Å². The number of hydrogen-bond acceptors (Lipinski definition) is 2. The van der Waals surface area contributed by atoms with Crippen LogP contribution in [0.4, 0.5) is 0 Å². The van der Waals surface area contributed by atoms with Gasteiger partial charge in [0.1, 0.15) is 11.9 Å². The van der Waals surface area contributed by atoms with Gasteiger partial charge in [0.25, 0.3) is 0 Å². The molecule has 18 heavy (non-hydrogen) atoms. The largest absolute Gasteiger partial charge is 0.489 e. The van der Waals surface area contributed by atoms with Gasteiger partial charge in [-0.2, -0.15) is 0 Å². The van der Waals surface area contributed by atoms with Crippen LogP contribution >= 0.6 is 11.6 Å². The van der Waals surface area contributed by atoms with Gasteiger partial charge in [-0.1, -0.05) is 42.8 Å². The predicted molar refractivity (Wildman–Crippen MR) is 77.6 cm³/mol. The van der Waals surface area contributed by atoms with Crippen LogP contribution in [0.15, 0.2) is 36.4 Å². The molecular formula is C15H18ClNO. The SMILES string of the molecule is CCNCC(C)Oc1ccc(Cl)c2ccccc12. The summed E-state index contributed by atoms with van der Waals surface area (Å²) in [5.74, 6) is 0.889. The lowest BCUT2D eigenvalue weighted by Gasteiger charge is -2.17. The lowest BCUT2D eigenvalue weighted by molar-refractivity contribution is 0.221. The molecule has 2 nitrogen and oxygen atoms in total. The molecule has 0 aliphatic rings. The molecule has 0 spiro atoms. The van der Waals surface area contributed by atoms with Gasteiger partial charge in [-0.3, -0.25) is 0 Å². The lowest BCUT2D eigenvalue weighted by atomic mass is 10.1. The fourth-order valence-corrected chi connectivity index (χ4v) is 2.17. The topological polar surface area (TPSA) is 21.3 Å². The molecule has 0 saturated heterocycles. The Morgan fingerprint density at radius 3 is 2.61 bits per heavy atom. The van der Waals surface area contributed by atoms with Crippen molar-refractivity contribution in [2.45, 2.75) is 20.0 Å². The van der Waals surface area contributed by atoms with Crippen LogP contribution in [0.5, 0.6) is 5.75 Å². The van der Waals surface area contributed by atoms with E-state index in [0.717, 1.165) is 34.6 Å². The molecule has 0 saturated carbocycles. The first-order valence-electron chi connectivity index (χ1n) is 6.27. The second-order valence-electron chi connectivity index (χ2n) is 4.33. The average Bonchev–Trinajstić information content (AvgIpc) is 2.40. The van der Waals surface area contributed by atoms with E-state index in [0.29, 0.717) is 0 Å². The normalized spacial score (nSPS) is 12.6. The van der Waals surface area contributed by atoms with E-state index < -0.39 is 0 Å². The van der Waals surface area contributed by atoms with Crippen LogP contribution < -0.4 is 10.1 Å². The van der Waals surface area contributed by atoms with Crippen LogP contribution in [0, 0.1) is 0 Å². The highest BCUT2D eigenvalue weighted by atomic mass is 35.5. The Bertz CT molecular complexity index is 527. The highest BCUT2D eigenvalue weighted by molar-refractivity contribution is 6.35. The van der Waals surface area contributed by atoms with E-state index in [9.17, 15) is 0 Å². The standard InChI is InChI=1S/C15H18ClNO/c1-3-17-10-11(2)18-15-9-8-14(16)12-6-4-5-7-13(12)15/h4-9,11,17H,3,10H2,1-2H3. The van der Waals surface area contributed by atoms with Gasteiger partial charge in [0, 0.05) is 22.3 Å². The molecule has 0 amide bonds. The molecule has 1 atom stereocenters. The third-order valence-electron chi connectivity index (χ3n) is 2.84. The van der Waals surface area contributed by atoms with E-state index in [4.69, 9.17) is 16.3 Å². The fraction of sp³-hybridized carbons (Fsp3) is 0.333. The van der Waals surface area contributed by atoms with Crippen LogP contribution in [-0.2, 0) is 0 Å². The average molecular weight is 264 g/mol. The zero-order chi connectivity index (χ0) is 13.0. The molecule has 2 aromatic carbocycles. The van der Waals surface area contributed by atoms with E-state index in [2.05, 4.69) is 19.2 Å². The minimum Gasteiger partial charge on any atom is -0.489 e. The summed E-state index contributed by atoms with van der Waals surface area (Å²) in [7, 11) is 0. The first kappa shape index (κ1) is 13.2. The predicted octanol–water partition coefficient (Wildman–Crippen LogP) is 3.87. The second-order valence-corrected chi connectivity index (χ2v) is 4.73. The van der Waals surface area contributed by atoms with Crippen molar-refractivity contribution >= 4 is 22.4 Å². The van der Waals surface area contributed by atoms with Gasteiger partial charge in [-0.05, 0) is 25.6 Å². The molecule has 2 rings (SSSR count). The molecule has 0 heterocycles. The van der Waals surface area contributed by atoms with Crippen molar-refractivity contribution < 1.29 is 4.74 Å². The number of ether oxygens (including phenoxy) is 1. The van der Waals surface area contributed by atoms with Gasteiger partial charge in [0.2, 0.25) is 0 Å². The summed E-state index contributed by atoms with van der Waals surface area (Å²) in [6.45, 7) is 5.94. The first-order chi connectivity index (χ1) is 8.72. The molecule has 1 N–H and O–H groups in total. The van der Waals surface area contributed by atoms with E-state index in [1.54, 1.807) is 0 Å². The molecule has 0 aliphatic heterocycles. The maximum absolute atomic E-state index is 6.18. The molecule has 2 aromatic rings. The summed E-state index contributed by atoms with van der Waals surface area (Å²) >= 11 is 6.18. The Labute approximate surface area is 113 Å². The van der Waals surface area contributed by atoms with Crippen molar-refractivity contribution in [3.63, 3.8) is 0 Å². The molecular weight excluding hydrogens is 246 g/mol. The molecule has 96 valence electrons. The van der Waals surface area contributed by atoms with Gasteiger partial charge in [0.05, 0.1) is 0 Å². The van der Waals surface area contributed by atoms with E-state index >= 15 is 0 Å². The zero-order valence-electron chi connectivity index (χ0n) is 10.7. The molecule has 1 unspecified atom stereocenters. The van der Waals surface area contributed by atoms with Crippen molar-refractivity contribution in [2.24, 2.45) is 0 Å². The van der Waals surface area contributed by atoms with Crippen molar-refractivity contribution in [1.82, 2.24) is 5.32 Å². The van der Waals surface area contributed by atoms with E-state index in [1.807, 2.05) is 36.4 Å². The van der Waals surface area contributed by atoms with Crippen LogP contribution in [-0.4, -0.2) is 19.2 Å². The molecule has 0 aromatic heterocycles. The van der Waals surface area contributed by atoms with E-state index in [-0.39, 0.29) is 6.10 Å². The third kappa shape index (κ3) is 2.95. The maximum Gasteiger partial charge on any atom is 0.127 e. The van der Waals surface area contributed by atoms with Gasteiger partial charge in [-0.15, -0.1) is 0 Å². The summed E-state index contributed by atoms with van der Waals surface area (Å²) in [4.78, 5) is 0. The third-order valence-corrected chi connectivity index (χ3v) is 3.17. The number of hydrogen-bond donors (Lipinski definition) is 1. The highest BCUT2D eigenvalue weighted by Crippen LogP contribution is 2.31. The summed E-state index contributed by atoms with van der Waals surface area (Å²) in [5.41, 5.74) is 0. The number of rotatable bonds is 5. The summed E-state index contributed by atoms with van der Waals surface area (Å²) in [6.07, 6.45) is 0.134. The molecule has 3 heteroatoms. The Hall–Kier alpha value is -1.25. The number of benzene rings is 2. The number of likely N-dealkylation sites (N-methyl/N-ethyl adjacent to an activating group) is 1. The van der Waals surface area contributed by atoms with Gasteiger partial charge < -0.3 is 10.1 Å². The smallest absolute Gasteiger partial charge is 0.127 e. The number of halogens is 1. The molecule has 0 fully saturated rings. The molecule has 0 aliphatic carbocycles. The molecule has 0 bridgehead atoms. The molecule has 0 radical (unpaired) electrons. The first-order valence-corrected chi connectivity index (χ1v) is 6.64. The fourth-order valence-electron chi connectivity index (χ4n) is 1.94. The minimum atomic E-state index is 0.134. The summed E-state index contributed by atoms with van der Waals surface area (Å²) < 4.78 is 5.96. The van der Waals surface area contributed by atoms with Gasteiger partial charge >= 0.3 is 0 Å². The van der Waals surface area contributed by atoms with E-state index in [1.165, 1.54) is 0 Å². The van der Waals surface area contributed by atoms with Crippen LogP contribution in [0.2, 0.25) is 5.02 Å². The summed E-state index contributed by atoms with van der Waals surface area (Å²) in [5, 5.41) is 6.14. The van der Waals surface area contributed by atoms with Gasteiger partial charge in [-0.25, -0.2) is 0 Å². The maximum atomic E-state index is 6.18. The Morgan fingerprint density at radius 2 is 1.89 bits per heavy atom. The highest BCUT2D eigenvalue weighted by Gasteiger charge is 2.08. The van der Waals surface area contributed by atoms with Crippen LogP contribution in [0.1, 0.15) is 13.8 Å². The zero-order valence-corrected chi connectivity index (χ0v) is 11.5. The Morgan fingerprint density at radius 1 is 1.17 bits per heavy atom. The van der Waals surface area contributed by atoms with Crippen molar-refractivity contribution in [3.8, 4) is 5.75 Å². The second kappa shape index (κ2) is 6.07. The van der Waals surface area contributed by atoms with Crippen molar-refractivity contribution in [3.05, 3.63) is 41.4 Å². The lowest BCUT2D eigenvalue weighted by Crippen LogP contribution is -2.28. The summed E-state index contributed by atoms with van der Waals surface area (Å²) in [6, 6.07) is 11.9. The minimum absolute atomic E-state index is 0.134. The monoisotopic (exact) mass is 263 g/mol. The van der Waals surface area contributed by atoms with Crippen LogP contribution in [0.25, 0.3) is 10.8 Å². The number of fused-ring (bicyclic) bond motifs is 1. The van der Waals surface area contributed by atoms with Crippen molar-refractivity contribution in [1.29, 1.82) is 0 Å². The Balaban J connectivity index is 2.26. The number of nitrogens with one attached hydrogen (secondary N) is 1. The van der Waals surface area contributed by atoms with Crippen LogP contribution in [0.3, 0.4) is 0 Å². The van der Waals surface area contributed by atoms with Gasteiger partial charge in [0.15, 0.2) is 0 Å². The Kier molecular flexibility index (Phi) is 4.45.